The van der Waals surface area contributed by atoms with Crippen LogP contribution < -0.4 is 4.89 Å². The van der Waals surface area contributed by atoms with E-state index in [1.165, 1.54) is 0 Å². The first-order valence-electron chi connectivity index (χ1n) is 7.65. The summed E-state index contributed by atoms with van der Waals surface area (Å²) in [6, 6.07) is 0. The summed E-state index contributed by atoms with van der Waals surface area (Å²) in [6.45, 7) is 0. The predicted molar refractivity (Wildman–Crippen MR) is 94.9 cm³/mol. The minimum atomic E-state index is -4.64. The molecule has 20 nitrogen and oxygen atoms in total. The van der Waals surface area contributed by atoms with Gasteiger partial charge in [0.2, 0.25) is 5.60 Å². The number of phosphoric acid groups is 1. The van der Waals surface area contributed by atoms with Crippen molar-refractivity contribution in [2.45, 2.75) is 36.9 Å². The molecule has 34 heavy (non-hydrogen) atoms. The topological polar surface area (TPSA) is 371 Å². The molecular formula is C12H18O20P2. The van der Waals surface area contributed by atoms with Crippen LogP contribution in [-0.2, 0) is 42.4 Å². The Labute approximate surface area is 187 Å². The lowest BCUT2D eigenvalue weighted by Crippen LogP contribution is -2.44. The van der Waals surface area contributed by atoms with Crippen molar-refractivity contribution in [2.24, 2.45) is 0 Å². The molecule has 10 N–H and O–H groups in total. The number of carboxylic acid groups (broad SMARTS) is 6. The summed E-state index contributed by atoms with van der Waals surface area (Å²) in [5.74, 6) is -10.4. The number of aliphatic hydroxyl groups is 1. The Balaban J connectivity index is -0.000000478. The van der Waals surface area contributed by atoms with Gasteiger partial charge in [-0.2, -0.15) is 0 Å². The second-order valence-electron chi connectivity index (χ2n) is 5.75. The van der Waals surface area contributed by atoms with Gasteiger partial charge < -0.3 is 55.3 Å². The fourth-order valence-electron chi connectivity index (χ4n) is 1.66. The van der Waals surface area contributed by atoms with Crippen molar-refractivity contribution in [1.82, 2.24) is 0 Å². The molecule has 0 aliphatic heterocycles. The lowest BCUT2D eigenvalue weighted by atomic mass is 9.96. The summed E-state index contributed by atoms with van der Waals surface area (Å²) >= 11 is 0. The van der Waals surface area contributed by atoms with Crippen molar-refractivity contribution < 1.29 is 97.7 Å². The summed E-state index contributed by atoms with van der Waals surface area (Å²) in [4.78, 5) is 93.7. The van der Waals surface area contributed by atoms with Crippen molar-refractivity contribution >= 4 is 51.9 Å². The maximum absolute atomic E-state index is 10.7. The lowest BCUT2D eigenvalue weighted by molar-refractivity contribution is -0.204. The maximum atomic E-state index is 10.7. The first-order valence-corrected chi connectivity index (χ1v) is 10.3. The fraction of sp³-hybridized carbons (Fsp3) is 0.500. The number of hydrogen-bond acceptors (Lipinski definition) is 11. The van der Waals surface area contributed by atoms with Gasteiger partial charge in [-0.3, -0.25) is 19.2 Å². The monoisotopic (exact) mass is 544 g/mol. The SMILES string of the molecule is O=C(O)CC(CC(=O)O)(O[P+](=O)[O-])C(=O)O.O=C(O)CC(O)(CC(=O)O)C(=O)O.O=P(O)(O)O. The summed E-state index contributed by atoms with van der Waals surface area (Å²) < 4.78 is 23.0. The Morgan fingerprint density at radius 2 is 0.971 bits per heavy atom. The lowest BCUT2D eigenvalue weighted by Gasteiger charge is -2.19. The van der Waals surface area contributed by atoms with E-state index in [1.807, 2.05) is 0 Å². The summed E-state index contributed by atoms with van der Waals surface area (Å²) in [5, 5.41) is 59.2. The number of carbonyl (C=O) groups is 6. The molecule has 0 bridgehead atoms. The first-order chi connectivity index (χ1) is 15.0. The third-order valence-corrected chi connectivity index (χ3v) is 3.30. The molecule has 0 saturated heterocycles. The molecule has 0 amide bonds. The van der Waals surface area contributed by atoms with Crippen LogP contribution in [0.4, 0.5) is 0 Å². The highest BCUT2D eigenvalue weighted by molar-refractivity contribution is 7.45. The van der Waals surface area contributed by atoms with Crippen LogP contribution in [0, 0.1) is 0 Å². The van der Waals surface area contributed by atoms with E-state index in [1.54, 1.807) is 0 Å². The quantitative estimate of drug-likeness (QED) is 0.107. The molecule has 0 aromatic rings. The van der Waals surface area contributed by atoms with E-state index in [9.17, 15) is 38.2 Å². The van der Waals surface area contributed by atoms with Crippen molar-refractivity contribution in [3.8, 4) is 0 Å². The summed E-state index contributed by atoms with van der Waals surface area (Å²) in [6.07, 6.45) is -4.85. The number of aliphatic carboxylic acids is 6. The van der Waals surface area contributed by atoms with E-state index >= 15 is 0 Å². The van der Waals surface area contributed by atoms with Crippen LogP contribution in [0.2, 0.25) is 0 Å². The van der Waals surface area contributed by atoms with Crippen LogP contribution in [-0.4, -0.2) is 97.4 Å². The average molecular weight is 544 g/mol. The van der Waals surface area contributed by atoms with E-state index in [-0.39, 0.29) is 0 Å². The molecule has 0 aliphatic carbocycles. The molecule has 0 spiro atoms. The van der Waals surface area contributed by atoms with Gasteiger partial charge in [0, 0.05) is 0 Å². The Kier molecular flexibility index (Phi) is 15.6. The van der Waals surface area contributed by atoms with Crippen molar-refractivity contribution in [1.29, 1.82) is 0 Å². The van der Waals surface area contributed by atoms with Gasteiger partial charge >= 0.3 is 51.9 Å². The molecule has 22 heteroatoms. The number of carboxylic acids is 6. The van der Waals surface area contributed by atoms with Crippen molar-refractivity contribution in [3.05, 3.63) is 0 Å². The molecule has 0 heterocycles. The van der Waals surface area contributed by atoms with Crippen LogP contribution in [0.3, 0.4) is 0 Å². The standard InChI is InChI=1S/C6H7O9P.C6H8O7.H3O4P/c7-3(8)1-6(5(11)12,2-4(9)10)15-16(13)14;7-3(8)1-6(13,5(11)12)2-4(9)10;1-5(2,3)4/h1-2H2,(H,7,8)(H,9,10)(H,11,12);13H,1-2H2,(H,7,8)(H,9,10)(H,11,12);(H3,1,2,3,4). The largest absolute Gasteiger partial charge is 0.566 e. The minimum absolute atomic E-state index is 1.14. The highest BCUT2D eigenvalue weighted by atomic mass is 31.2. The zero-order chi connectivity index (χ0) is 28.1. The molecule has 0 aliphatic rings. The van der Waals surface area contributed by atoms with Crippen molar-refractivity contribution in [2.75, 3.05) is 0 Å². The van der Waals surface area contributed by atoms with Gasteiger partial charge in [0.1, 0.15) is 0 Å². The zero-order valence-corrected chi connectivity index (χ0v) is 18.1. The average Bonchev–Trinajstić information content (AvgIpc) is 2.49. The van der Waals surface area contributed by atoms with E-state index in [0.29, 0.717) is 0 Å². The molecule has 0 aromatic heterocycles. The third-order valence-electron chi connectivity index (χ3n) is 2.80. The van der Waals surface area contributed by atoms with Gasteiger partial charge in [-0.05, 0) is 4.57 Å². The second-order valence-corrected chi connectivity index (χ2v) is 7.40. The van der Waals surface area contributed by atoms with Gasteiger partial charge in [-0.1, -0.05) is 0 Å². The Hall–Kier alpha value is -3.09. The predicted octanol–water partition coefficient (Wildman–Crippen LogP) is -3.38. The van der Waals surface area contributed by atoms with Gasteiger partial charge in [0.05, 0.1) is 25.7 Å². The van der Waals surface area contributed by atoms with E-state index in [0.717, 1.165) is 0 Å². The van der Waals surface area contributed by atoms with Crippen LogP contribution in [0.1, 0.15) is 25.7 Å². The molecule has 0 aromatic carbocycles. The van der Waals surface area contributed by atoms with Gasteiger partial charge in [-0.25, -0.2) is 14.2 Å². The normalized spacial score (nSPS) is 11.5. The van der Waals surface area contributed by atoms with Crippen molar-refractivity contribution in [3.63, 3.8) is 0 Å². The molecule has 0 fully saturated rings. The third kappa shape index (κ3) is 19.6. The van der Waals surface area contributed by atoms with E-state index in [2.05, 4.69) is 4.52 Å². The number of rotatable bonds is 12. The highest BCUT2D eigenvalue weighted by Gasteiger charge is 2.49. The van der Waals surface area contributed by atoms with Gasteiger partial charge in [0.15, 0.2) is 5.60 Å². The van der Waals surface area contributed by atoms with Crippen LogP contribution >= 0.6 is 16.1 Å². The van der Waals surface area contributed by atoms with Gasteiger partial charge in [-0.15, -0.1) is 4.52 Å². The van der Waals surface area contributed by atoms with Crippen LogP contribution in [0.15, 0.2) is 0 Å². The molecule has 196 valence electrons. The van der Waals surface area contributed by atoms with E-state index < -0.39 is 88.8 Å². The Bertz CT molecular complexity index is 775. The molecule has 1 unspecified atom stereocenters. The molecule has 0 rings (SSSR count). The maximum Gasteiger partial charge on any atom is 0.489 e. The second kappa shape index (κ2) is 14.9. The minimum Gasteiger partial charge on any atom is -0.566 e. The summed E-state index contributed by atoms with van der Waals surface area (Å²) in [5.41, 5.74) is -5.55. The number of hydrogen-bond donors (Lipinski definition) is 10. The van der Waals surface area contributed by atoms with Crippen LogP contribution in [0.25, 0.3) is 0 Å². The Morgan fingerprint density at radius 3 is 1.12 bits per heavy atom. The van der Waals surface area contributed by atoms with Crippen LogP contribution in [0.5, 0.6) is 0 Å². The zero-order valence-electron chi connectivity index (χ0n) is 16.3. The van der Waals surface area contributed by atoms with Gasteiger partial charge in [0.25, 0.3) is 0 Å². The Morgan fingerprint density at radius 1 is 0.706 bits per heavy atom. The first kappa shape index (κ1) is 35.5. The molecule has 0 saturated carbocycles. The highest BCUT2D eigenvalue weighted by Crippen LogP contribution is 2.30. The summed E-state index contributed by atoms with van der Waals surface area (Å²) in [7, 11) is -8.33. The molecule has 1 atom stereocenters. The molecular weight excluding hydrogens is 526 g/mol. The fourth-order valence-corrected chi connectivity index (χ4v) is 2.16. The van der Waals surface area contributed by atoms with E-state index in [4.69, 9.17) is 55.0 Å². The molecule has 0 radical (unpaired) electrons. The smallest absolute Gasteiger partial charge is 0.489 e.